The maximum atomic E-state index is 10.9. The second kappa shape index (κ2) is 4.00. The Labute approximate surface area is 109 Å². The summed E-state index contributed by atoms with van der Waals surface area (Å²) in [6.45, 7) is 0. The number of aromatic nitrogens is 3. The molecule has 0 bridgehead atoms. The summed E-state index contributed by atoms with van der Waals surface area (Å²) in [6, 6.07) is 0. The highest BCUT2D eigenvalue weighted by Gasteiger charge is 2.33. The van der Waals surface area contributed by atoms with Crippen LogP contribution in [0.2, 0.25) is 0 Å². The summed E-state index contributed by atoms with van der Waals surface area (Å²) in [5.74, 6) is 0. The van der Waals surface area contributed by atoms with Gasteiger partial charge < -0.3 is 0 Å². The van der Waals surface area contributed by atoms with Gasteiger partial charge in [0.2, 0.25) is 0 Å². The molecule has 0 spiro atoms. The molecule has 0 saturated carbocycles. The average Bonchev–Trinajstić information content (AvgIpc) is 2.65. The Morgan fingerprint density at radius 2 is 1.47 bits per heavy atom. The first kappa shape index (κ1) is 11.9. The van der Waals surface area contributed by atoms with Gasteiger partial charge in [-0.3, -0.25) is 20.2 Å². The van der Waals surface area contributed by atoms with Gasteiger partial charge in [-0.05, 0) is 31.9 Å². The third-order valence-corrected chi connectivity index (χ3v) is 3.47. The molecule has 0 fully saturated rings. The van der Waals surface area contributed by atoms with Crippen LogP contribution in [0.15, 0.2) is 8.95 Å². The van der Waals surface area contributed by atoms with E-state index >= 15 is 0 Å². The summed E-state index contributed by atoms with van der Waals surface area (Å²) in [5, 5.41) is 31.1. The molecule has 11 heteroatoms. The number of aromatic amines is 1. The van der Waals surface area contributed by atoms with E-state index in [9.17, 15) is 20.2 Å². The van der Waals surface area contributed by atoms with Crippen molar-refractivity contribution in [1.29, 1.82) is 0 Å². The molecule has 0 atom stereocenters. The first-order chi connectivity index (χ1) is 7.95. The van der Waals surface area contributed by atoms with Crippen LogP contribution in [0.25, 0.3) is 11.0 Å². The van der Waals surface area contributed by atoms with E-state index in [0.29, 0.717) is 0 Å². The Morgan fingerprint density at radius 1 is 0.941 bits per heavy atom. The molecule has 0 unspecified atom stereocenters. The summed E-state index contributed by atoms with van der Waals surface area (Å²) in [7, 11) is 0. The highest BCUT2D eigenvalue weighted by Crippen LogP contribution is 2.44. The van der Waals surface area contributed by atoms with Crippen LogP contribution in [0.3, 0.4) is 0 Å². The highest BCUT2D eigenvalue weighted by molar-refractivity contribution is 9.11. The monoisotopic (exact) mass is 365 g/mol. The minimum atomic E-state index is -0.756. The normalized spacial score (nSPS) is 10.7. The zero-order valence-corrected chi connectivity index (χ0v) is 10.8. The average molecular weight is 367 g/mol. The molecule has 0 aliphatic carbocycles. The number of nitro groups is 2. The molecule has 88 valence electrons. The summed E-state index contributed by atoms with van der Waals surface area (Å²) < 4.78 is -0.218. The summed E-state index contributed by atoms with van der Waals surface area (Å²) >= 11 is 5.82. The molecule has 0 radical (unpaired) electrons. The molecule has 17 heavy (non-hydrogen) atoms. The first-order valence-corrected chi connectivity index (χ1v) is 5.54. The van der Waals surface area contributed by atoms with E-state index in [0.717, 1.165) is 0 Å². The van der Waals surface area contributed by atoms with Gasteiger partial charge in [-0.1, -0.05) is 0 Å². The van der Waals surface area contributed by atoms with Crippen molar-refractivity contribution in [2.24, 2.45) is 0 Å². The quantitative estimate of drug-likeness (QED) is 0.641. The van der Waals surface area contributed by atoms with Gasteiger partial charge in [-0.15, -0.1) is 5.10 Å². The van der Waals surface area contributed by atoms with E-state index in [-0.39, 0.29) is 20.0 Å². The molecular formula is C6HBr2N5O4. The fourth-order valence-electron chi connectivity index (χ4n) is 1.30. The molecule has 0 amide bonds. The Bertz CT molecular complexity index is 653. The maximum absolute atomic E-state index is 10.9. The third kappa shape index (κ3) is 1.67. The Balaban J connectivity index is 3.02. The number of benzene rings is 1. The second-order valence-corrected chi connectivity index (χ2v) is 4.45. The van der Waals surface area contributed by atoms with Crippen molar-refractivity contribution in [1.82, 2.24) is 15.4 Å². The smallest absolute Gasteiger partial charge is 0.258 e. The van der Waals surface area contributed by atoms with E-state index < -0.39 is 21.2 Å². The molecule has 9 nitrogen and oxygen atoms in total. The lowest BCUT2D eigenvalue weighted by molar-refractivity contribution is -0.395. The largest absolute Gasteiger partial charge is 0.320 e. The van der Waals surface area contributed by atoms with Gasteiger partial charge in [0.1, 0.15) is 9.99 Å². The minimum Gasteiger partial charge on any atom is -0.258 e. The molecular weight excluding hydrogens is 366 g/mol. The number of hydrogen-bond donors (Lipinski definition) is 1. The van der Waals surface area contributed by atoms with Gasteiger partial charge in [0.05, 0.1) is 9.85 Å². The summed E-state index contributed by atoms with van der Waals surface area (Å²) in [6.07, 6.45) is 0. The number of nitro benzene ring substituents is 2. The number of nitrogens with one attached hydrogen (secondary N) is 1. The third-order valence-electron chi connectivity index (χ3n) is 1.97. The van der Waals surface area contributed by atoms with Crippen molar-refractivity contribution in [2.45, 2.75) is 0 Å². The Kier molecular flexibility index (Phi) is 2.79. The van der Waals surface area contributed by atoms with E-state index in [1.165, 1.54) is 0 Å². The van der Waals surface area contributed by atoms with Gasteiger partial charge in [-0.2, -0.15) is 10.3 Å². The van der Waals surface area contributed by atoms with Crippen LogP contribution in [-0.4, -0.2) is 25.3 Å². The van der Waals surface area contributed by atoms with E-state index in [4.69, 9.17) is 0 Å². The summed E-state index contributed by atoms with van der Waals surface area (Å²) in [5.41, 5.74) is -0.979. The van der Waals surface area contributed by atoms with Gasteiger partial charge >= 0.3 is 11.4 Å². The van der Waals surface area contributed by atoms with Crippen LogP contribution >= 0.6 is 31.9 Å². The lowest BCUT2D eigenvalue weighted by Crippen LogP contribution is -1.98. The SMILES string of the molecule is O=[N+]([O-])c1c(Br)c([N+](=O)[O-])c2n[nH]nc2c1Br. The number of H-pyrrole nitrogens is 1. The molecule has 1 aromatic heterocycles. The first-order valence-electron chi connectivity index (χ1n) is 3.95. The van der Waals surface area contributed by atoms with E-state index in [2.05, 4.69) is 47.3 Å². The number of halogens is 2. The van der Waals surface area contributed by atoms with Crippen molar-refractivity contribution in [3.63, 3.8) is 0 Å². The molecule has 1 heterocycles. The van der Waals surface area contributed by atoms with E-state index in [1.54, 1.807) is 0 Å². The predicted molar refractivity (Wildman–Crippen MR) is 62.6 cm³/mol. The van der Waals surface area contributed by atoms with Crippen LogP contribution in [0.4, 0.5) is 11.4 Å². The van der Waals surface area contributed by atoms with E-state index in [1.807, 2.05) is 0 Å². The lowest BCUT2D eigenvalue weighted by Gasteiger charge is -2.00. The lowest BCUT2D eigenvalue weighted by atomic mass is 10.2. The molecule has 2 rings (SSSR count). The van der Waals surface area contributed by atoms with Crippen LogP contribution in [0.1, 0.15) is 0 Å². The van der Waals surface area contributed by atoms with Gasteiger partial charge in [0.25, 0.3) is 0 Å². The van der Waals surface area contributed by atoms with Gasteiger partial charge in [-0.25, -0.2) is 0 Å². The summed E-state index contributed by atoms with van der Waals surface area (Å²) in [4.78, 5) is 20.2. The number of rotatable bonds is 2. The number of fused-ring (bicyclic) bond motifs is 1. The van der Waals surface area contributed by atoms with Crippen molar-refractivity contribution in [3.05, 3.63) is 29.2 Å². The predicted octanol–water partition coefficient (Wildman–Crippen LogP) is 2.30. The van der Waals surface area contributed by atoms with Crippen molar-refractivity contribution in [3.8, 4) is 0 Å². The van der Waals surface area contributed by atoms with Crippen molar-refractivity contribution >= 4 is 54.3 Å². The van der Waals surface area contributed by atoms with Crippen LogP contribution in [0, 0.1) is 20.2 Å². The Hall–Kier alpha value is -1.62. The van der Waals surface area contributed by atoms with Crippen molar-refractivity contribution in [2.75, 3.05) is 0 Å². The topological polar surface area (TPSA) is 128 Å². The number of hydrogen-bond acceptors (Lipinski definition) is 6. The zero-order valence-electron chi connectivity index (χ0n) is 7.68. The molecule has 0 aliphatic rings. The van der Waals surface area contributed by atoms with Crippen LogP contribution in [-0.2, 0) is 0 Å². The van der Waals surface area contributed by atoms with Gasteiger partial charge in [0, 0.05) is 0 Å². The van der Waals surface area contributed by atoms with Crippen LogP contribution < -0.4 is 0 Å². The zero-order chi connectivity index (χ0) is 12.7. The fourth-order valence-corrected chi connectivity index (χ4v) is 2.86. The molecule has 2 aromatic rings. The molecule has 1 N–H and O–H groups in total. The maximum Gasteiger partial charge on any atom is 0.320 e. The van der Waals surface area contributed by atoms with Gasteiger partial charge in [0.15, 0.2) is 9.99 Å². The number of nitrogens with zero attached hydrogens (tertiary/aromatic N) is 4. The molecule has 0 saturated heterocycles. The molecule has 1 aromatic carbocycles. The van der Waals surface area contributed by atoms with Crippen molar-refractivity contribution < 1.29 is 9.85 Å². The van der Waals surface area contributed by atoms with Crippen LogP contribution in [0.5, 0.6) is 0 Å². The standard InChI is InChI=1S/C6HBr2N5O4/c7-1-3-4(10-11-9-3)6(13(16)17)2(8)5(1)12(14)15/h(H,9,10,11). The minimum absolute atomic E-state index is 0.0312. The second-order valence-electron chi connectivity index (χ2n) is 2.86. The highest BCUT2D eigenvalue weighted by atomic mass is 79.9. The Morgan fingerprint density at radius 3 is 2.00 bits per heavy atom. The fraction of sp³-hybridized carbons (Fsp3) is 0. The molecule has 0 aliphatic heterocycles.